The van der Waals surface area contributed by atoms with Gasteiger partial charge < -0.3 is 10.0 Å². The van der Waals surface area contributed by atoms with E-state index in [1.54, 1.807) is 0 Å². The molecule has 2 atom stereocenters. The molecule has 0 unspecified atom stereocenters. The summed E-state index contributed by atoms with van der Waals surface area (Å²) in [5.41, 5.74) is 4.90. The lowest BCUT2D eigenvalue weighted by Crippen LogP contribution is -2.50. The molecule has 1 saturated heterocycles. The van der Waals surface area contributed by atoms with Crippen LogP contribution < -0.4 is 4.90 Å². The topological polar surface area (TPSA) is 31.1 Å². The second-order valence-corrected chi connectivity index (χ2v) is 8.96. The van der Waals surface area contributed by atoms with Crippen LogP contribution in [0, 0.1) is 13.5 Å². The number of hydrogen-bond acceptors (Lipinski definition) is 3. The van der Waals surface area contributed by atoms with Gasteiger partial charge >= 0.3 is 0 Å². The van der Waals surface area contributed by atoms with E-state index in [0.717, 1.165) is 47.0 Å². The number of halogens is 2. The number of nitrogens with zero attached hydrogens (tertiary/aromatic N) is 3. The van der Waals surface area contributed by atoms with Crippen LogP contribution in [0.25, 0.3) is 4.85 Å². The van der Waals surface area contributed by atoms with E-state index in [2.05, 4.69) is 38.9 Å². The zero-order valence-electron chi connectivity index (χ0n) is 17.9. The molecule has 0 amide bonds. The molecule has 4 rings (SSSR count). The SMILES string of the molecule is [C-]#[N+]c1ccc([C@H](CO)N2CCN(c3ccc(C)cc3Cl)[C@H](c3ccc(Cl)cc3)C2)cc1. The van der Waals surface area contributed by atoms with Crippen molar-refractivity contribution in [1.29, 1.82) is 0 Å². The summed E-state index contributed by atoms with van der Waals surface area (Å²) in [4.78, 5) is 8.13. The lowest BCUT2D eigenvalue weighted by atomic mass is 9.98. The fourth-order valence-electron chi connectivity index (χ4n) is 4.39. The first kappa shape index (κ1) is 22.6. The van der Waals surface area contributed by atoms with E-state index < -0.39 is 0 Å². The van der Waals surface area contributed by atoms with E-state index in [1.165, 1.54) is 0 Å². The highest BCUT2D eigenvalue weighted by molar-refractivity contribution is 6.33. The van der Waals surface area contributed by atoms with E-state index in [-0.39, 0.29) is 18.7 Å². The zero-order valence-corrected chi connectivity index (χ0v) is 19.4. The minimum Gasteiger partial charge on any atom is -0.394 e. The summed E-state index contributed by atoms with van der Waals surface area (Å²) >= 11 is 12.8. The first-order chi connectivity index (χ1) is 15.5. The molecule has 4 nitrogen and oxygen atoms in total. The molecule has 164 valence electrons. The quantitative estimate of drug-likeness (QED) is 0.439. The number of aliphatic hydroxyl groups is 1. The summed E-state index contributed by atoms with van der Waals surface area (Å²) < 4.78 is 0. The molecule has 0 bridgehead atoms. The third kappa shape index (κ3) is 4.77. The average molecular weight is 466 g/mol. The molecule has 0 aromatic heterocycles. The number of benzene rings is 3. The van der Waals surface area contributed by atoms with Gasteiger partial charge in [-0.05, 0) is 47.9 Å². The second-order valence-electron chi connectivity index (χ2n) is 8.11. The molecule has 32 heavy (non-hydrogen) atoms. The van der Waals surface area contributed by atoms with E-state index in [9.17, 15) is 5.11 Å². The van der Waals surface area contributed by atoms with Crippen molar-refractivity contribution in [1.82, 2.24) is 4.90 Å². The number of aryl methyl sites for hydroxylation is 1. The molecule has 0 spiro atoms. The normalized spacial score (nSPS) is 17.7. The Bertz CT molecular complexity index is 1110. The lowest BCUT2D eigenvalue weighted by Gasteiger charge is -2.46. The molecule has 1 fully saturated rings. The summed E-state index contributed by atoms with van der Waals surface area (Å²) in [6, 6.07) is 21.5. The molecule has 1 aliphatic rings. The van der Waals surface area contributed by atoms with Crippen molar-refractivity contribution in [3.63, 3.8) is 0 Å². The van der Waals surface area contributed by atoms with Gasteiger partial charge in [-0.3, -0.25) is 4.90 Å². The predicted octanol–water partition coefficient (Wildman–Crippen LogP) is 6.45. The standard InChI is InChI=1S/C26H25Cl2N3O/c1-18-3-12-24(23(28)15-18)31-14-13-30(16-25(31)19-4-8-21(27)9-5-19)26(17-32)20-6-10-22(29-2)11-7-20/h3-12,15,25-26,32H,13-14,16-17H2,1H3/t25-,26-/m0/s1. The van der Waals surface area contributed by atoms with Gasteiger partial charge in [0, 0.05) is 24.7 Å². The van der Waals surface area contributed by atoms with Gasteiger partial charge in [-0.25, -0.2) is 4.85 Å². The Balaban J connectivity index is 1.67. The van der Waals surface area contributed by atoms with Crippen LogP contribution in [0.3, 0.4) is 0 Å². The van der Waals surface area contributed by atoms with Crippen LogP contribution in [0.4, 0.5) is 11.4 Å². The number of rotatable bonds is 5. The zero-order chi connectivity index (χ0) is 22.7. The van der Waals surface area contributed by atoms with Crippen LogP contribution in [0.2, 0.25) is 10.0 Å². The van der Waals surface area contributed by atoms with Crippen LogP contribution in [-0.2, 0) is 0 Å². The fourth-order valence-corrected chi connectivity index (χ4v) is 4.86. The van der Waals surface area contributed by atoms with Crippen molar-refractivity contribution in [2.45, 2.75) is 19.0 Å². The largest absolute Gasteiger partial charge is 0.394 e. The number of aliphatic hydroxyl groups excluding tert-OH is 1. The van der Waals surface area contributed by atoms with Gasteiger partial charge in [0.15, 0.2) is 5.69 Å². The van der Waals surface area contributed by atoms with Crippen molar-refractivity contribution >= 4 is 34.6 Å². The Labute approximate surface area is 199 Å². The molecule has 0 saturated carbocycles. The van der Waals surface area contributed by atoms with Gasteiger partial charge in [0.25, 0.3) is 0 Å². The average Bonchev–Trinajstić information content (AvgIpc) is 2.81. The number of piperazine rings is 1. The summed E-state index contributed by atoms with van der Waals surface area (Å²) in [5, 5.41) is 11.7. The van der Waals surface area contributed by atoms with Crippen LogP contribution in [0.15, 0.2) is 66.7 Å². The van der Waals surface area contributed by atoms with Gasteiger partial charge in [0.05, 0.1) is 36.0 Å². The van der Waals surface area contributed by atoms with Crippen molar-refractivity contribution in [3.05, 3.63) is 105 Å². The Morgan fingerprint density at radius 2 is 1.75 bits per heavy atom. The Morgan fingerprint density at radius 1 is 1.03 bits per heavy atom. The third-order valence-electron chi connectivity index (χ3n) is 6.10. The minimum absolute atomic E-state index is 0.00991. The molecule has 6 heteroatoms. The third-order valence-corrected chi connectivity index (χ3v) is 6.65. The lowest BCUT2D eigenvalue weighted by molar-refractivity contribution is 0.103. The smallest absolute Gasteiger partial charge is 0.187 e. The predicted molar refractivity (Wildman–Crippen MR) is 132 cm³/mol. The summed E-state index contributed by atoms with van der Waals surface area (Å²) in [7, 11) is 0. The molecule has 1 N–H and O–H groups in total. The van der Waals surface area contributed by atoms with Crippen molar-refractivity contribution in [3.8, 4) is 0 Å². The number of hydrogen-bond donors (Lipinski definition) is 1. The highest BCUT2D eigenvalue weighted by Gasteiger charge is 2.33. The maximum Gasteiger partial charge on any atom is 0.187 e. The highest BCUT2D eigenvalue weighted by atomic mass is 35.5. The van der Waals surface area contributed by atoms with E-state index in [4.69, 9.17) is 29.8 Å². The molecule has 3 aromatic rings. The minimum atomic E-state index is -0.139. The summed E-state index contributed by atoms with van der Waals surface area (Å²) in [6.45, 7) is 11.5. The van der Waals surface area contributed by atoms with Crippen molar-refractivity contribution in [2.24, 2.45) is 0 Å². The molecule has 1 aliphatic heterocycles. The van der Waals surface area contributed by atoms with E-state index >= 15 is 0 Å². The van der Waals surface area contributed by atoms with E-state index in [1.807, 2.05) is 49.4 Å². The maximum absolute atomic E-state index is 10.3. The van der Waals surface area contributed by atoms with Gasteiger partial charge in [-0.2, -0.15) is 0 Å². The summed E-state index contributed by atoms with van der Waals surface area (Å²) in [5.74, 6) is 0. The van der Waals surface area contributed by atoms with Crippen LogP contribution in [0.5, 0.6) is 0 Å². The number of anilines is 1. The van der Waals surface area contributed by atoms with Crippen LogP contribution in [-0.4, -0.2) is 36.2 Å². The molecule has 0 aliphatic carbocycles. The van der Waals surface area contributed by atoms with Crippen LogP contribution in [0.1, 0.15) is 28.8 Å². The molecular weight excluding hydrogens is 441 g/mol. The van der Waals surface area contributed by atoms with Crippen molar-refractivity contribution in [2.75, 3.05) is 31.1 Å². The van der Waals surface area contributed by atoms with Crippen molar-refractivity contribution < 1.29 is 5.11 Å². The van der Waals surface area contributed by atoms with Gasteiger partial charge in [-0.15, -0.1) is 0 Å². The molecule has 1 heterocycles. The van der Waals surface area contributed by atoms with Gasteiger partial charge in [-0.1, -0.05) is 65.7 Å². The monoisotopic (exact) mass is 465 g/mol. The Kier molecular flexibility index (Phi) is 7.03. The molecule has 3 aromatic carbocycles. The van der Waals surface area contributed by atoms with Crippen LogP contribution >= 0.6 is 23.2 Å². The highest BCUT2D eigenvalue weighted by Crippen LogP contribution is 2.38. The summed E-state index contributed by atoms with van der Waals surface area (Å²) in [6.07, 6.45) is 0. The van der Waals surface area contributed by atoms with Gasteiger partial charge in [0.2, 0.25) is 0 Å². The Morgan fingerprint density at radius 3 is 2.38 bits per heavy atom. The molecular formula is C26H25Cl2N3O. The second kappa shape index (κ2) is 9.94. The first-order valence-electron chi connectivity index (χ1n) is 10.6. The maximum atomic E-state index is 10.3. The Hall–Kier alpha value is -2.55. The fraction of sp³-hybridized carbons (Fsp3) is 0.269. The molecule has 0 radical (unpaired) electrons. The van der Waals surface area contributed by atoms with E-state index in [0.29, 0.717) is 10.7 Å². The van der Waals surface area contributed by atoms with Gasteiger partial charge in [0.1, 0.15) is 0 Å². The first-order valence-corrected chi connectivity index (χ1v) is 11.4.